The Morgan fingerprint density at radius 3 is 2.68 bits per heavy atom. The van der Waals surface area contributed by atoms with Gasteiger partial charge in [-0.3, -0.25) is 4.21 Å². The summed E-state index contributed by atoms with van der Waals surface area (Å²) < 4.78 is 11.1. The molecule has 0 amide bonds. The molecule has 0 spiro atoms. The minimum Gasteiger partial charge on any atom is -0.308 e. The van der Waals surface area contributed by atoms with Crippen molar-refractivity contribution in [1.29, 1.82) is 0 Å². The zero-order valence-electron chi connectivity index (χ0n) is 11.3. The monoisotopic (exact) mass is 293 g/mol. The molecule has 0 aliphatic rings. The minimum atomic E-state index is -0.737. The number of benzene rings is 1. The van der Waals surface area contributed by atoms with Crippen LogP contribution in [0.25, 0.3) is 11.1 Å². The van der Waals surface area contributed by atoms with Crippen molar-refractivity contribution in [2.24, 2.45) is 0 Å². The van der Waals surface area contributed by atoms with Crippen LogP contribution in [0.3, 0.4) is 0 Å². The van der Waals surface area contributed by atoms with Crippen molar-refractivity contribution in [3.05, 3.63) is 46.7 Å². The molecule has 0 fully saturated rings. The molecule has 0 aliphatic heterocycles. The Morgan fingerprint density at radius 2 is 2.00 bits per heavy atom. The van der Waals surface area contributed by atoms with Gasteiger partial charge in [-0.15, -0.1) is 11.3 Å². The van der Waals surface area contributed by atoms with Gasteiger partial charge in [0.05, 0.1) is 0 Å². The quantitative estimate of drug-likeness (QED) is 0.885. The summed E-state index contributed by atoms with van der Waals surface area (Å²) in [7, 11) is -0.737. The van der Waals surface area contributed by atoms with E-state index < -0.39 is 10.8 Å². The third-order valence-electron chi connectivity index (χ3n) is 2.87. The summed E-state index contributed by atoms with van der Waals surface area (Å²) >= 11 is 1.77. The molecule has 19 heavy (non-hydrogen) atoms. The minimum absolute atomic E-state index is 0.285. The summed E-state index contributed by atoms with van der Waals surface area (Å²) in [5.74, 6) is 0.705. The van der Waals surface area contributed by atoms with Crippen molar-refractivity contribution in [2.75, 3.05) is 12.0 Å². The summed E-state index contributed by atoms with van der Waals surface area (Å²) in [6.45, 7) is 2.92. The van der Waals surface area contributed by atoms with Crippen LogP contribution in [0.4, 0.5) is 0 Å². The smallest absolute Gasteiger partial charge is 0.0383 e. The molecule has 0 aliphatic carbocycles. The van der Waals surface area contributed by atoms with Gasteiger partial charge in [0.15, 0.2) is 0 Å². The van der Waals surface area contributed by atoms with E-state index in [0.29, 0.717) is 5.75 Å². The fraction of sp³-hybridized carbons (Fsp3) is 0.333. The van der Waals surface area contributed by atoms with Crippen molar-refractivity contribution < 1.29 is 4.21 Å². The summed E-state index contributed by atoms with van der Waals surface area (Å²) in [6, 6.07) is 12.9. The molecule has 2 unspecified atom stereocenters. The lowest BCUT2D eigenvalue weighted by molar-refractivity contribution is 0.591. The molecular formula is C15H19NOS2. The topological polar surface area (TPSA) is 29.1 Å². The first-order valence-electron chi connectivity index (χ1n) is 6.31. The number of hydrogen-bond acceptors (Lipinski definition) is 3. The van der Waals surface area contributed by atoms with E-state index in [2.05, 4.69) is 48.0 Å². The molecule has 1 aromatic carbocycles. The van der Waals surface area contributed by atoms with Crippen LogP contribution in [0, 0.1) is 0 Å². The fourth-order valence-corrected chi connectivity index (χ4v) is 3.61. The second-order valence-electron chi connectivity index (χ2n) is 4.69. The van der Waals surface area contributed by atoms with Gasteiger partial charge in [-0.2, -0.15) is 0 Å². The molecule has 2 nitrogen and oxygen atoms in total. The van der Waals surface area contributed by atoms with E-state index in [9.17, 15) is 4.21 Å². The van der Waals surface area contributed by atoms with Crippen LogP contribution in [0.15, 0.2) is 41.8 Å². The number of nitrogens with one attached hydrogen (secondary N) is 1. The van der Waals surface area contributed by atoms with Crippen LogP contribution >= 0.6 is 11.3 Å². The Hall–Kier alpha value is -0.970. The van der Waals surface area contributed by atoms with Gasteiger partial charge in [0.1, 0.15) is 0 Å². The number of rotatable bonds is 6. The van der Waals surface area contributed by atoms with E-state index in [4.69, 9.17) is 0 Å². The predicted molar refractivity (Wildman–Crippen MR) is 85.0 cm³/mol. The maximum Gasteiger partial charge on any atom is 0.0383 e. The standard InChI is InChI=1S/C15H19NOS2/c1-12(11-19(2)17)16-9-15-8-14(10-18-15)13-6-4-3-5-7-13/h3-8,10,12,16H,9,11H2,1-2H3. The predicted octanol–water partition coefficient (Wildman–Crippen LogP) is 3.27. The largest absolute Gasteiger partial charge is 0.308 e. The molecule has 0 bridgehead atoms. The molecular weight excluding hydrogens is 274 g/mol. The van der Waals surface area contributed by atoms with Crippen LogP contribution < -0.4 is 5.32 Å². The van der Waals surface area contributed by atoms with Gasteiger partial charge in [-0.05, 0) is 29.5 Å². The van der Waals surface area contributed by atoms with Crippen molar-refractivity contribution in [1.82, 2.24) is 5.32 Å². The molecule has 2 rings (SSSR count). The van der Waals surface area contributed by atoms with Gasteiger partial charge in [0.25, 0.3) is 0 Å². The van der Waals surface area contributed by atoms with Crippen molar-refractivity contribution in [3.8, 4) is 11.1 Å². The van der Waals surface area contributed by atoms with Gasteiger partial charge in [-0.25, -0.2) is 0 Å². The molecule has 1 aromatic heterocycles. The maximum absolute atomic E-state index is 11.1. The lowest BCUT2D eigenvalue weighted by Crippen LogP contribution is -2.30. The Kier molecular flexibility index (Phi) is 5.31. The van der Waals surface area contributed by atoms with E-state index in [-0.39, 0.29) is 6.04 Å². The van der Waals surface area contributed by atoms with Crippen LogP contribution in [0.2, 0.25) is 0 Å². The van der Waals surface area contributed by atoms with E-state index in [1.54, 1.807) is 17.6 Å². The van der Waals surface area contributed by atoms with Gasteiger partial charge in [-0.1, -0.05) is 30.3 Å². The van der Waals surface area contributed by atoms with E-state index in [0.717, 1.165) is 6.54 Å². The first-order valence-corrected chi connectivity index (χ1v) is 8.92. The van der Waals surface area contributed by atoms with Crippen molar-refractivity contribution >= 4 is 22.1 Å². The van der Waals surface area contributed by atoms with Gasteiger partial charge < -0.3 is 5.32 Å². The third kappa shape index (κ3) is 4.56. The zero-order valence-corrected chi connectivity index (χ0v) is 12.9. The molecule has 4 heteroatoms. The fourth-order valence-electron chi connectivity index (χ4n) is 1.94. The van der Waals surface area contributed by atoms with Crippen LogP contribution in [-0.2, 0) is 17.3 Å². The molecule has 1 N–H and O–H groups in total. The lowest BCUT2D eigenvalue weighted by Gasteiger charge is -2.10. The average Bonchev–Trinajstić information content (AvgIpc) is 2.85. The van der Waals surface area contributed by atoms with Crippen molar-refractivity contribution in [2.45, 2.75) is 19.5 Å². The SMILES string of the molecule is CC(CS(C)=O)NCc1cc(-c2ccccc2)cs1. The first-order chi connectivity index (χ1) is 9.15. The Labute approximate surface area is 121 Å². The second-order valence-corrected chi connectivity index (χ2v) is 7.17. The van der Waals surface area contributed by atoms with Gasteiger partial charge >= 0.3 is 0 Å². The van der Waals surface area contributed by atoms with E-state index in [1.165, 1.54) is 16.0 Å². The summed E-state index contributed by atoms with van der Waals surface area (Å²) in [5.41, 5.74) is 2.53. The highest BCUT2D eigenvalue weighted by Gasteiger charge is 2.06. The van der Waals surface area contributed by atoms with Gasteiger partial charge in [0, 0.05) is 40.3 Å². The van der Waals surface area contributed by atoms with Crippen LogP contribution in [0.1, 0.15) is 11.8 Å². The summed E-state index contributed by atoms with van der Waals surface area (Å²) in [4.78, 5) is 1.31. The highest BCUT2D eigenvalue weighted by Crippen LogP contribution is 2.25. The van der Waals surface area contributed by atoms with Gasteiger partial charge in [0.2, 0.25) is 0 Å². The second kappa shape index (κ2) is 6.98. The third-order valence-corrected chi connectivity index (χ3v) is 4.78. The zero-order chi connectivity index (χ0) is 13.7. The van der Waals surface area contributed by atoms with Crippen LogP contribution in [-0.4, -0.2) is 22.3 Å². The Morgan fingerprint density at radius 1 is 1.26 bits per heavy atom. The average molecular weight is 293 g/mol. The van der Waals surface area contributed by atoms with E-state index >= 15 is 0 Å². The first kappa shape index (κ1) is 14.4. The summed E-state index contributed by atoms with van der Waals surface area (Å²) in [5, 5.41) is 5.60. The molecule has 0 saturated carbocycles. The highest BCUT2D eigenvalue weighted by atomic mass is 32.2. The maximum atomic E-state index is 11.1. The molecule has 0 saturated heterocycles. The summed E-state index contributed by atoms with van der Waals surface area (Å²) in [6.07, 6.45) is 1.75. The Bertz CT molecular complexity index is 536. The molecule has 1 heterocycles. The molecule has 2 atom stereocenters. The lowest BCUT2D eigenvalue weighted by atomic mass is 10.1. The molecule has 102 valence electrons. The normalized spacial score (nSPS) is 14.2. The number of thiophene rings is 1. The highest BCUT2D eigenvalue weighted by molar-refractivity contribution is 7.84. The van der Waals surface area contributed by atoms with Crippen molar-refractivity contribution in [3.63, 3.8) is 0 Å². The number of hydrogen-bond donors (Lipinski definition) is 1. The Balaban J connectivity index is 1.93. The van der Waals surface area contributed by atoms with Crippen LogP contribution in [0.5, 0.6) is 0 Å². The molecule has 2 aromatic rings. The molecule has 0 radical (unpaired) electrons. The van der Waals surface area contributed by atoms with E-state index in [1.807, 2.05) is 6.07 Å².